The molecular weight excluding hydrogens is 376 g/mol. The Bertz CT molecular complexity index is 986. The zero-order valence-electron chi connectivity index (χ0n) is 16.1. The molecule has 3 heterocycles. The highest BCUT2D eigenvalue weighted by Crippen LogP contribution is 2.27. The molecule has 0 atom stereocenters. The number of para-hydroxylation sites is 1. The molecule has 1 amide bonds. The van der Waals surface area contributed by atoms with Crippen molar-refractivity contribution in [2.45, 2.75) is 13.8 Å². The molecule has 6 nitrogen and oxygen atoms in total. The van der Waals surface area contributed by atoms with Crippen molar-refractivity contribution in [3.8, 4) is 17.1 Å². The normalized spacial score (nSPS) is 15.2. The van der Waals surface area contributed by atoms with Crippen LogP contribution in [-0.2, 0) is 0 Å². The largest absolute Gasteiger partial charge is 0.460 e. The maximum absolute atomic E-state index is 13.3. The highest BCUT2D eigenvalue weighted by molar-refractivity contribution is 6.32. The highest BCUT2D eigenvalue weighted by atomic mass is 35.5. The van der Waals surface area contributed by atoms with Crippen LogP contribution in [0.25, 0.3) is 17.1 Å². The number of aromatic nitrogens is 2. The van der Waals surface area contributed by atoms with Gasteiger partial charge in [0.2, 0.25) is 0 Å². The molecule has 0 radical (unpaired) electrons. The molecule has 0 spiro atoms. The topological polar surface area (TPSA) is 54.5 Å². The number of likely N-dealkylation sites (N-methyl/N-ethyl adjacent to an activating group) is 1. The van der Waals surface area contributed by atoms with Crippen molar-refractivity contribution in [1.82, 2.24) is 19.6 Å². The number of carbonyl (C=O) groups is 1. The maximum atomic E-state index is 13.3. The lowest BCUT2D eigenvalue weighted by atomic mass is 10.2. The highest BCUT2D eigenvalue weighted by Gasteiger charge is 2.26. The summed E-state index contributed by atoms with van der Waals surface area (Å²) in [6.07, 6.45) is 0. The van der Waals surface area contributed by atoms with Crippen LogP contribution in [0.5, 0.6) is 0 Å². The second-order valence-corrected chi connectivity index (χ2v) is 7.32. The van der Waals surface area contributed by atoms with Gasteiger partial charge in [0.05, 0.1) is 10.7 Å². The number of piperazine rings is 1. The second kappa shape index (κ2) is 7.81. The molecule has 1 aliphatic heterocycles. The van der Waals surface area contributed by atoms with Crippen LogP contribution in [0.1, 0.15) is 23.2 Å². The number of halogens is 1. The Morgan fingerprint density at radius 3 is 2.54 bits per heavy atom. The minimum Gasteiger partial charge on any atom is -0.460 e. The number of hydrogen-bond donors (Lipinski definition) is 0. The Labute approximate surface area is 169 Å². The van der Waals surface area contributed by atoms with E-state index in [0.29, 0.717) is 40.9 Å². The van der Waals surface area contributed by atoms with E-state index in [4.69, 9.17) is 16.0 Å². The van der Waals surface area contributed by atoms with Gasteiger partial charge in [0.25, 0.3) is 5.91 Å². The molecule has 0 saturated carbocycles. The zero-order chi connectivity index (χ0) is 19.7. The van der Waals surface area contributed by atoms with E-state index in [1.807, 2.05) is 42.2 Å². The number of carbonyl (C=O) groups excluding carboxylic acids is 1. The van der Waals surface area contributed by atoms with Gasteiger partial charge in [-0.2, -0.15) is 5.10 Å². The summed E-state index contributed by atoms with van der Waals surface area (Å²) >= 11 is 6.40. The molecule has 0 N–H and O–H groups in total. The van der Waals surface area contributed by atoms with Crippen molar-refractivity contribution < 1.29 is 9.21 Å². The summed E-state index contributed by atoms with van der Waals surface area (Å²) in [7, 11) is 0. The molecule has 0 aliphatic carbocycles. The predicted molar refractivity (Wildman–Crippen MR) is 109 cm³/mol. The number of rotatable bonds is 4. The van der Waals surface area contributed by atoms with Crippen molar-refractivity contribution >= 4 is 17.5 Å². The third kappa shape index (κ3) is 3.57. The third-order valence-electron chi connectivity index (χ3n) is 5.11. The Hall–Kier alpha value is -2.57. The minimum absolute atomic E-state index is 0.0438. The lowest BCUT2D eigenvalue weighted by molar-refractivity contribution is 0.0634. The van der Waals surface area contributed by atoms with Gasteiger partial charge in [0.1, 0.15) is 17.1 Å². The molecule has 7 heteroatoms. The molecular formula is C21H23ClN4O2. The quantitative estimate of drug-likeness (QED) is 0.669. The summed E-state index contributed by atoms with van der Waals surface area (Å²) in [6, 6.07) is 12.9. The number of nitrogens with zero attached hydrogens (tertiary/aromatic N) is 4. The number of benzene rings is 1. The first-order valence-electron chi connectivity index (χ1n) is 9.50. The van der Waals surface area contributed by atoms with E-state index in [9.17, 15) is 4.79 Å². The number of amides is 1. The Morgan fingerprint density at radius 1 is 1.14 bits per heavy atom. The van der Waals surface area contributed by atoms with E-state index in [1.165, 1.54) is 0 Å². The first-order chi connectivity index (χ1) is 13.6. The summed E-state index contributed by atoms with van der Waals surface area (Å²) in [5.41, 5.74) is 1.78. The fourth-order valence-electron chi connectivity index (χ4n) is 3.46. The molecule has 2 aromatic heterocycles. The number of hydrogen-bond acceptors (Lipinski definition) is 4. The standard InChI is InChI=1S/C21H23ClN4O2/c1-3-24-10-12-25(13-11-24)21(27)19-14-17(20-9-8-15(2)28-20)23-26(19)18-7-5-4-6-16(18)22/h4-9,14H,3,10-13H2,1-2H3. The predicted octanol–water partition coefficient (Wildman–Crippen LogP) is 3.87. The third-order valence-corrected chi connectivity index (χ3v) is 5.43. The summed E-state index contributed by atoms with van der Waals surface area (Å²) < 4.78 is 7.35. The Kier molecular flexibility index (Phi) is 5.24. The minimum atomic E-state index is -0.0438. The lowest BCUT2D eigenvalue weighted by Gasteiger charge is -2.34. The van der Waals surface area contributed by atoms with Gasteiger partial charge in [-0.05, 0) is 37.7 Å². The molecule has 28 heavy (non-hydrogen) atoms. The van der Waals surface area contributed by atoms with Gasteiger partial charge in [0.15, 0.2) is 5.76 Å². The van der Waals surface area contributed by atoms with Crippen molar-refractivity contribution in [3.05, 3.63) is 58.9 Å². The molecule has 1 fully saturated rings. The van der Waals surface area contributed by atoms with Gasteiger partial charge in [-0.1, -0.05) is 30.7 Å². The van der Waals surface area contributed by atoms with Crippen LogP contribution in [0.3, 0.4) is 0 Å². The van der Waals surface area contributed by atoms with Gasteiger partial charge in [0, 0.05) is 32.2 Å². The Balaban J connectivity index is 1.73. The molecule has 1 aromatic carbocycles. The summed E-state index contributed by atoms with van der Waals surface area (Å²) in [5.74, 6) is 1.39. The maximum Gasteiger partial charge on any atom is 0.272 e. The van der Waals surface area contributed by atoms with E-state index in [0.717, 1.165) is 25.4 Å². The van der Waals surface area contributed by atoms with Crippen molar-refractivity contribution in [3.63, 3.8) is 0 Å². The molecule has 1 saturated heterocycles. The molecule has 3 aromatic rings. The fourth-order valence-corrected chi connectivity index (χ4v) is 3.68. The zero-order valence-corrected chi connectivity index (χ0v) is 16.8. The van der Waals surface area contributed by atoms with E-state index < -0.39 is 0 Å². The van der Waals surface area contributed by atoms with Gasteiger partial charge in [-0.25, -0.2) is 4.68 Å². The first-order valence-corrected chi connectivity index (χ1v) is 9.88. The second-order valence-electron chi connectivity index (χ2n) is 6.91. The van der Waals surface area contributed by atoms with Crippen LogP contribution in [0, 0.1) is 6.92 Å². The SMILES string of the molecule is CCN1CCN(C(=O)c2cc(-c3ccc(C)o3)nn2-c2ccccc2Cl)CC1. The van der Waals surface area contributed by atoms with E-state index in [-0.39, 0.29) is 5.91 Å². The molecule has 1 aliphatic rings. The molecule has 0 bridgehead atoms. The smallest absolute Gasteiger partial charge is 0.272 e. The summed E-state index contributed by atoms with van der Waals surface area (Å²) in [5, 5.41) is 5.19. The Morgan fingerprint density at radius 2 is 1.89 bits per heavy atom. The van der Waals surface area contributed by atoms with Crippen LogP contribution < -0.4 is 0 Å². The van der Waals surface area contributed by atoms with Gasteiger partial charge in [-0.15, -0.1) is 0 Å². The number of aryl methyl sites for hydroxylation is 1. The van der Waals surface area contributed by atoms with E-state index >= 15 is 0 Å². The van der Waals surface area contributed by atoms with E-state index in [1.54, 1.807) is 16.8 Å². The van der Waals surface area contributed by atoms with Crippen LogP contribution in [-0.4, -0.2) is 58.2 Å². The lowest BCUT2D eigenvalue weighted by Crippen LogP contribution is -2.48. The first kappa shape index (κ1) is 18.8. The molecule has 146 valence electrons. The fraction of sp³-hybridized carbons (Fsp3) is 0.333. The number of furan rings is 1. The van der Waals surface area contributed by atoms with Crippen LogP contribution in [0.2, 0.25) is 5.02 Å². The summed E-state index contributed by atoms with van der Waals surface area (Å²) in [6.45, 7) is 8.20. The van der Waals surface area contributed by atoms with Gasteiger partial charge >= 0.3 is 0 Å². The van der Waals surface area contributed by atoms with Gasteiger partial charge < -0.3 is 14.2 Å². The van der Waals surface area contributed by atoms with E-state index in [2.05, 4.69) is 16.9 Å². The van der Waals surface area contributed by atoms with Crippen molar-refractivity contribution in [1.29, 1.82) is 0 Å². The van der Waals surface area contributed by atoms with Crippen LogP contribution >= 0.6 is 11.6 Å². The van der Waals surface area contributed by atoms with Gasteiger partial charge in [-0.3, -0.25) is 4.79 Å². The van der Waals surface area contributed by atoms with Crippen LogP contribution in [0.4, 0.5) is 0 Å². The van der Waals surface area contributed by atoms with Crippen molar-refractivity contribution in [2.24, 2.45) is 0 Å². The van der Waals surface area contributed by atoms with Crippen molar-refractivity contribution in [2.75, 3.05) is 32.7 Å². The average molecular weight is 399 g/mol. The molecule has 4 rings (SSSR count). The molecule has 0 unspecified atom stereocenters. The van der Waals surface area contributed by atoms with Crippen LogP contribution in [0.15, 0.2) is 46.9 Å². The monoisotopic (exact) mass is 398 g/mol. The average Bonchev–Trinajstić information content (AvgIpc) is 3.34. The summed E-state index contributed by atoms with van der Waals surface area (Å²) in [4.78, 5) is 17.5.